The molecule has 118 valence electrons. The Hall–Kier alpha value is -2.66. The second-order valence-electron chi connectivity index (χ2n) is 5.61. The zero-order valence-electron chi connectivity index (χ0n) is 12.7. The summed E-state index contributed by atoms with van der Waals surface area (Å²) in [6.07, 6.45) is 4.61. The predicted molar refractivity (Wildman–Crippen MR) is 98.6 cm³/mol. The van der Waals surface area contributed by atoms with Gasteiger partial charge in [0, 0.05) is 29.0 Å². The van der Waals surface area contributed by atoms with E-state index in [0.717, 1.165) is 15.7 Å². The first kappa shape index (κ1) is 14.9. The maximum Gasteiger partial charge on any atom is 0.258 e. The normalized spacial score (nSPS) is 11.0. The van der Waals surface area contributed by atoms with Crippen molar-refractivity contribution in [2.24, 2.45) is 0 Å². The van der Waals surface area contributed by atoms with E-state index in [1.807, 2.05) is 36.7 Å². The number of nitrogens with zero attached hydrogens (tertiary/aromatic N) is 2. The van der Waals surface area contributed by atoms with Crippen LogP contribution in [0.25, 0.3) is 16.6 Å². The van der Waals surface area contributed by atoms with E-state index in [-0.39, 0.29) is 5.56 Å². The van der Waals surface area contributed by atoms with Crippen molar-refractivity contribution in [2.75, 3.05) is 0 Å². The van der Waals surface area contributed by atoms with E-state index in [9.17, 15) is 4.79 Å². The van der Waals surface area contributed by atoms with E-state index >= 15 is 0 Å². The fourth-order valence-corrected chi connectivity index (χ4v) is 3.09. The molecule has 0 bridgehead atoms. The molecule has 0 aliphatic carbocycles. The number of rotatable bonds is 3. The van der Waals surface area contributed by atoms with E-state index in [1.165, 1.54) is 0 Å². The molecule has 0 aliphatic heterocycles. The Balaban J connectivity index is 1.64. The van der Waals surface area contributed by atoms with Crippen LogP contribution in [0.4, 0.5) is 0 Å². The molecule has 0 spiro atoms. The molecule has 0 fully saturated rings. The number of fused-ring (bicyclic) bond motifs is 1. The number of benzene rings is 2. The minimum absolute atomic E-state index is 0.111. The third-order valence-corrected chi connectivity index (χ3v) is 4.42. The van der Waals surface area contributed by atoms with E-state index in [1.54, 1.807) is 6.07 Å². The molecule has 5 heteroatoms. The van der Waals surface area contributed by atoms with Gasteiger partial charge in [-0.3, -0.25) is 4.79 Å². The van der Waals surface area contributed by atoms with Gasteiger partial charge < -0.3 is 9.55 Å². The van der Waals surface area contributed by atoms with Gasteiger partial charge in [-0.05, 0) is 48.0 Å². The summed E-state index contributed by atoms with van der Waals surface area (Å²) in [5.41, 5.74) is 2.81. The summed E-state index contributed by atoms with van der Waals surface area (Å²) >= 11 is 3.38. The molecule has 1 N–H and O–H groups in total. The van der Waals surface area contributed by atoms with E-state index in [4.69, 9.17) is 0 Å². The average Bonchev–Trinajstić information content (AvgIpc) is 3.11. The molecule has 4 nitrogen and oxygen atoms in total. The maximum atomic E-state index is 12.2. The Labute approximate surface area is 146 Å². The number of hydrogen-bond donors (Lipinski definition) is 1. The lowest BCUT2D eigenvalue weighted by molar-refractivity contribution is 0.970. The topological polar surface area (TPSA) is 50.7 Å². The Morgan fingerprint density at radius 3 is 2.54 bits per heavy atom. The van der Waals surface area contributed by atoms with Crippen LogP contribution in [0.3, 0.4) is 0 Å². The number of hydrogen-bond acceptors (Lipinski definition) is 2. The van der Waals surface area contributed by atoms with Crippen LogP contribution in [0.1, 0.15) is 11.4 Å². The van der Waals surface area contributed by atoms with Gasteiger partial charge in [-0.15, -0.1) is 0 Å². The van der Waals surface area contributed by atoms with E-state index in [0.29, 0.717) is 23.1 Å². The number of nitrogens with one attached hydrogen (secondary N) is 1. The van der Waals surface area contributed by atoms with E-state index in [2.05, 4.69) is 54.7 Å². The van der Waals surface area contributed by atoms with E-state index < -0.39 is 0 Å². The summed E-state index contributed by atoms with van der Waals surface area (Å²) in [6, 6.07) is 17.8. The highest BCUT2D eigenvalue weighted by Crippen LogP contribution is 2.16. The fourth-order valence-electron chi connectivity index (χ4n) is 2.73. The molecule has 0 unspecified atom stereocenters. The lowest BCUT2D eigenvalue weighted by Crippen LogP contribution is -2.12. The second kappa shape index (κ2) is 6.09. The SMILES string of the molecule is O=c1[nH]c(Cc2ccc(-n3cccc3)cc2)nc2ccc(Br)cc12. The first-order valence-electron chi connectivity index (χ1n) is 7.60. The molecular weight excluding hydrogens is 366 g/mol. The predicted octanol–water partition coefficient (Wildman–Crippen LogP) is 4.07. The third-order valence-electron chi connectivity index (χ3n) is 3.93. The van der Waals surface area contributed by atoms with Crippen molar-refractivity contribution >= 4 is 26.8 Å². The molecule has 2 heterocycles. The lowest BCUT2D eigenvalue weighted by atomic mass is 10.1. The first-order chi connectivity index (χ1) is 11.7. The van der Waals surface area contributed by atoms with Gasteiger partial charge in [-0.1, -0.05) is 28.1 Å². The molecule has 0 amide bonds. The minimum Gasteiger partial charge on any atom is -0.324 e. The maximum absolute atomic E-state index is 12.2. The average molecular weight is 380 g/mol. The zero-order valence-corrected chi connectivity index (χ0v) is 14.3. The number of aromatic nitrogens is 3. The molecule has 0 aliphatic rings. The van der Waals surface area contributed by atoms with Gasteiger partial charge in [-0.25, -0.2) is 4.98 Å². The third kappa shape index (κ3) is 2.90. The van der Waals surface area contributed by atoms with Gasteiger partial charge >= 0.3 is 0 Å². The smallest absolute Gasteiger partial charge is 0.258 e. The monoisotopic (exact) mass is 379 g/mol. The number of halogens is 1. The van der Waals surface area contributed by atoms with Crippen LogP contribution >= 0.6 is 15.9 Å². The lowest BCUT2D eigenvalue weighted by Gasteiger charge is -2.06. The van der Waals surface area contributed by atoms with Gasteiger partial charge in [0.2, 0.25) is 0 Å². The molecule has 0 radical (unpaired) electrons. The first-order valence-corrected chi connectivity index (χ1v) is 8.39. The Morgan fingerprint density at radius 1 is 1.04 bits per heavy atom. The van der Waals surface area contributed by atoms with Crippen LogP contribution in [0, 0.1) is 0 Å². The van der Waals surface area contributed by atoms with Crippen molar-refractivity contribution in [1.82, 2.24) is 14.5 Å². The summed E-state index contributed by atoms with van der Waals surface area (Å²) in [4.78, 5) is 19.7. The Bertz CT molecular complexity index is 1050. The number of aromatic amines is 1. The molecule has 2 aromatic heterocycles. The highest BCUT2D eigenvalue weighted by Gasteiger charge is 2.06. The Kier molecular flexibility index (Phi) is 3.78. The summed E-state index contributed by atoms with van der Waals surface area (Å²) in [7, 11) is 0. The van der Waals surface area contributed by atoms with Crippen molar-refractivity contribution < 1.29 is 0 Å². The van der Waals surface area contributed by atoms with Gasteiger partial charge in [-0.2, -0.15) is 0 Å². The standard InChI is InChI=1S/C19H14BrN3O/c20-14-5-8-17-16(12-14)19(24)22-18(21-17)11-13-3-6-15(7-4-13)23-9-1-2-10-23/h1-10,12H,11H2,(H,21,22,24). The minimum atomic E-state index is -0.111. The quantitative estimate of drug-likeness (QED) is 0.583. The largest absolute Gasteiger partial charge is 0.324 e. The molecule has 4 rings (SSSR count). The van der Waals surface area contributed by atoms with Crippen LogP contribution in [0.15, 0.2) is 76.3 Å². The van der Waals surface area contributed by atoms with Crippen LogP contribution < -0.4 is 5.56 Å². The summed E-state index contributed by atoms with van der Waals surface area (Å²) in [5.74, 6) is 0.670. The second-order valence-corrected chi connectivity index (χ2v) is 6.52. The molecule has 2 aromatic carbocycles. The molecule has 0 saturated heterocycles. The van der Waals surface area contributed by atoms with Gasteiger partial charge in [0.1, 0.15) is 5.82 Å². The highest BCUT2D eigenvalue weighted by molar-refractivity contribution is 9.10. The highest BCUT2D eigenvalue weighted by atomic mass is 79.9. The van der Waals surface area contributed by atoms with Gasteiger partial charge in [0.25, 0.3) is 5.56 Å². The van der Waals surface area contributed by atoms with Crippen molar-refractivity contribution in [3.05, 3.63) is 93.2 Å². The summed E-state index contributed by atoms with van der Waals surface area (Å²) in [6.45, 7) is 0. The molecular formula is C19H14BrN3O. The van der Waals surface area contributed by atoms with Crippen LogP contribution in [0.2, 0.25) is 0 Å². The summed E-state index contributed by atoms with van der Waals surface area (Å²) < 4.78 is 2.92. The fraction of sp³-hybridized carbons (Fsp3) is 0.0526. The zero-order chi connectivity index (χ0) is 16.5. The Morgan fingerprint density at radius 2 is 1.79 bits per heavy atom. The van der Waals surface area contributed by atoms with Crippen molar-refractivity contribution in [1.29, 1.82) is 0 Å². The van der Waals surface area contributed by atoms with Crippen LogP contribution in [-0.4, -0.2) is 14.5 Å². The van der Waals surface area contributed by atoms with Crippen molar-refractivity contribution in [2.45, 2.75) is 6.42 Å². The number of H-pyrrole nitrogens is 1. The van der Waals surface area contributed by atoms with Crippen molar-refractivity contribution in [3.8, 4) is 5.69 Å². The van der Waals surface area contributed by atoms with Crippen LogP contribution in [-0.2, 0) is 6.42 Å². The van der Waals surface area contributed by atoms with Gasteiger partial charge in [0.15, 0.2) is 0 Å². The molecule has 0 saturated carbocycles. The summed E-state index contributed by atoms with van der Waals surface area (Å²) in [5, 5.41) is 0.594. The van der Waals surface area contributed by atoms with Crippen LogP contribution in [0.5, 0.6) is 0 Å². The van der Waals surface area contributed by atoms with Gasteiger partial charge in [0.05, 0.1) is 10.9 Å². The molecule has 4 aromatic rings. The van der Waals surface area contributed by atoms with Crippen molar-refractivity contribution in [3.63, 3.8) is 0 Å². The molecule has 0 atom stereocenters. The molecule has 24 heavy (non-hydrogen) atoms.